The van der Waals surface area contributed by atoms with E-state index in [2.05, 4.69) is 5.32 Å². The zero-order chi connectivity index (χ0) is 14.6. The fraction of sp³-hybridized carbons (Fsp3) is 0.857. The molecule has 0 spiro atoms. The molecule has 1 rings (SSSR count). The summed E-state index contributed by atoms with van der Waals surface area (Å²) in [6, 6.07) is -0.805. The van der Waals surface area contributed by atoms with E-state index in [-0.39, 0.29) is 29.8 Å². The van der Waals surface area contributed by atoms with Gasteiger partial charge < -0.3 is 15.2 Å². The quantitative estimate of drug-likeness (QED) is 0.770. The van der Waals surface area contributed by atoms with Gasteiger partial charge in [0.2, 0.25) is 5.91 Å². The summed E-state index contributed by atoms with van der Waals surface area (Å²) in [6.45, 7) is 8.48. The van der Waals surface area contributed by atoms with Gasteiger partial charge in [-0.1, -0.05) is 27.7 Å². The minimum Gasteiger partial charge on any atom is -0.480 e. The number of carbonyl (C=O) groups excluding carboxylic acids is 1. The lowest BCUT2D eigenvalue weighted by atomic mass is 9.91. The summed E-state index contributed by atoms with van der Waals surface area (Å²) in [7, 11) is 0. The highest BCUT2D eigenvalue weighted by atomic mass is 16.5. The summed E-state index contributed by atoms with van der Waals surface area (Å²) in [5.41, 5.74) is 0. The summed E-state index contributed by atoms with van der Waals surface area (Å²) in [4.78, 5) is 23.4. The third-order valence-corrected chi connectivity index (χ3v) is 3.45. The Labute approximate surface area is 114 Å². The van der Waals surface area contributed by atoms with Crippen molar-refractivity contribution in [3.05, 3.63) is 0 Å². The molecule has 0 aromatic heterocycles. The molecule has 1 aliphatic heterocycles. The molecule has 0 aliphatic carbocycles. The van der Waals surface area contributed by atoms with Crippen molar-refractivity contribution in [1.82, 2.24) is 5.32 Å². The highest BCUT2D eigenvalue weighted by Crippen LogP contribution is 2.27. The lowest BCUT2D eigenvalue weighted by Crippen LogP contribution is -2.46. The van der Waals surface area contributed by atoms with Crippen molar-refractivity contribution in [3.63, 3.8) is 0 Å². The fourth-order valence-corrected chi connectivity index (χ4v) is 2.52. The number of nitrogens with one attached hydrogen (secondary N) is 1. The van der Waals surface area contributed by atoms with Crippen molar-refractivity contribution >= 4 is 11.9 Å². The van der Waals surface area contributed by atoms with E-state index in [9.17, 15) is 9.59 Å². The average molecular weight is 271 g/mol. The second kappa shape index (κ2) is 6.89. The van der Waals surface area contributed by atoms with Crippen LogP contribution in [-0.2, 0) is 14.3 Å². The molecule has 1 fully saturated rings. The summed E-state index contributed by atoms with van der Waals surface area (Å²) >= 11 is 0. The van der Waals surface area contributed by atoms with Crippen LogP contribution in [0.25, 0.3) is 0 Å². The predicted octanol–water partition coefficient (Wildman–Crippen LogP) is 1.66. The minimum atomic E-state index is -0.970. The molecule has 0 radical (unpaired) electrons. The van der Waals surface area contributed by atoms with Crippen LogP contribution in [0.15, 0.2) is 0 Å². The van der Waals surface area contributed by atoms with Crippen molar-refractivity contribution in [2.45, 2.75) is 52.7 Å². The number of carbonyl (C=O) groups is 2. The van der Waals surface area contributed by atoms with E-state index in [0.29, 0.717) is 19.4 Å². The van der Waals surface area contributed by atoms with E-state index in [1.165, 1.54) is 0 Å². The number of hydrogen-bond acceptors (Lipinski definition) is 3. The van der Waals surface area contributed by atoms with Gasteiger partial charge in [0.15, 0.2) is 0 Å². The first-order valence-electron chi connectivity index (χ1n) is 6.97. The fourth-order valence-electron chi connectivity index (χ4n) is 2.52. The first-order valence-corrected chi connectivity index (χ1v) is 6.97. The second-order valence-electron chi connectivity index (χ2n) is 6.00. The molecule has 0 aromatic rings. The van der Waals surface area contributed by atoms with Crippen LogP contribution in [0.5, 0.6) is 0 Å². The van der Waals surface area contributed by atoms with Crippen LogP contribution in [-0.4, -0.2) is 35.7 Å². The Morgan fingerprint density at radius 2 is 1.95 bits per heavy atom. The number of amides is 1. The number of rotatable bonds is 6. The zero-order valence-corrected chi connectivity index (χ0v) is 12.2. The smallest absolute Gasteiger partial charge is 0.326 e. The van der Waals surface area contributed by atoms with Gasteiger partial charge in [0, 0.05) is 6.61 Å². The molecular weight excluding hydrogens is 246 g/mol. The Bertz CT molecular complexity index is 327. The van der Waals surface area contributed by atoms with Crippen LogP contribution in [0.2, 0.25) is 0 Å². The largest absolute Gasteiger partial charge is 0.480 e. The standard InChI is InChI=1S/C14H25NO4/c1-8(2)7-11(14(17)18)15-13(16)10-5-6-19-12(10)9(3)4/h8-12H,5-7H2,1-4H3,(H,15,16)(H,17,18). The van der Waals surface area contributed by atoms with E-state index >= 15 is 0 Å². The van der Waals surface area contributed by atoms with Crippen molar-refractivity contribution in [2.75, 3.05) is 6.61 Å². The van der Waals surface area contributed by atoms with Gasteiger partial charge in [0.25, 0.3) is 0 Å². The zero-order valence-electron chi connectivity index (χ0n) is 12.2. The first-order chi connectivity index (χ1) is 8.82. The maximum absolute atomic E-state index is 12.2. The Morgan fingerprint density at radius 1 is 1.32 bits per heavy atom. The molecular formula is C14H25NO4. The summed E-state index contributed by atoms with van der Waals surface area (Å²) in [5, 5.41) is 11.8. The third kappa shape index (κ3) is 4.49. The summed E-state index contributed by atoms with van der Waals surface area (Å²) in [6.07, 6.45) is 1.01. The van der Waals surface area contributed by atoms with Crippen molar-refractivity contribution in [1.29, 1.82) is 0 Å². The Morgan fingerprint density at radius 3 is 2.42 bits per heavy atom. The molecule has 1 heterocycles. The molecule has 19 heavy (non-hydrogen) atoms. The van der Waals surface area contributed by atoms with E-state index in [4.69, 9.17) is 9.84 Å². The van der Waals surface area contributed by atoms with E-state index in [1.54, 1.807) is 0 Å². The van der Waals surface area contributed by atoms with Crippen LogP contribution in [0.1, 0.15) is 40.5 Å². The van der Waals surface area contributed by atoms with Crippen molar-refractivity contribution < 1.29 is 19.4 Å². The third-order valence-electron chi connectivity index (χ3n) is 3.45. The SMILES string of the molecule is CC(C)CC(NC(=O)C1CCOC1C(C)C)C(=O)O. The average Bonchev–Trinajstić information content (AvgIpc) is 2.76. The predicted molar refractivity (Wildman–Crippen MR) is 71.7 cm³/mol. The molecule has 0 aromatic carbocycles. The number of carboxylic acid groups (broad SMARTS) is 1. The summed E-state index contributed by atoms with van der Waals surface area (Å²) < 4.78 is 5.56. The molecule has 1 amide bonds. The minimum absolute atomic E-state index is 0.103. The number of ether oxygens (including phenoxy) is 1. The van der Waals surface area contributed by atoms with E-state index in [1.807, 2.05) is 27.7 Å². The van der Waals surface area contributed by atoms with E-state index < -0.39 is 12.0 Å². The topological polar surface area (TPSA) is 75.6 Å². The van der Waals surface area contributed by atoms with Gasteiger partial charge in [-0.25, -0.2) is 4.79 Å². The van der Waals surface area contributed by atoms with Gasteiger partial charge in [-0.2, -0.15) is 0 Å². The molecule has 3 unspecified atom stereocenters. The Kier molecular flexibility index (Phi) is 5.79. The molecule has 0 bridgehead atoms. The van der Waals surface area contributed by atoms with E-state index in [0.717, 1.165) is 0 Å². The first kappa shape index (κ1) is 16.0. The van der Waals surface area contributed by atoms with Crippen LogP contribution >= 0.6 is 0 Å². The highest BCUT2D eigenvalue weighted by Gasteiger charge is 2.37. The van der Waals surface area contributed by atoms with Gasteiger partial charge in [-0.15, -0.1) is 0 Å². The Balaban J connectivity index is 2.63. The summed E-state index contributed by atoms with van der Waals surface area (Å²) in [5.74, 6) is -0.908. The number of carboxylic acids is 1. The van der Waals surface area contributed by atoms with Crippen LogP contribution < -0.4 is 5.32 Å². The van der Waals surface area contributed by atoms with Crippen molar-refractivity contribution in [2.24, 2.45) is 17.8 Å². The maximum Gasteiger partial charge on any atom is 0.326 e. The van der Waals surface area contributed by atoms with Gasteiger partial charge in [-0.3, -0.25) is 4.79 Å². The molecule has 2 N–H and O–H groups in total. The molecule has 5 heteroatoms. The van der Waals surface area contributed by atoms with Crippen molar-refractivity contribution in [3.8, 4) is 0 Å². The monoisotopic (exact) mass is 271 g/mol. The Hall–Kier alpha value is -1.10. The molecule has 5 nitrogen and oxygen atoms in total. The lowest BCUT2D eigenvalue weighted by Gasteiger charge is -2.24. The molecule has 3 atom stereocenters. The molecule has 0 saturated carbocycles. The molecule has 1 aliphatic rings. The number of aliphatic carboxylic acids is 1. The molecule has 110 valence electrons. The van der Waals surface area contributed by atoms with Gasteiger partial charge in [-0.05, 0) is 24.7 Å². The van der Waals surface area contributed by atoms with Crippen LogP contribution in [0.4, 0.5) is 0 Å². The maximum atomic E-state index is 12.2. The van der Waals surface area contributed by atoms with Crippen LogP contribution in [0, 0.1) is 17.8 Å². The highest BCUT2D eigenvalue weighted by molar-refractivity contribution is 5.85. The van der Waals surface area contributed by atoms with Gasteiger partial charge >= 0.3 is 5.97 Å². The number of hydrogen-bond donors (Lipinski definition) is 2. The van der Waals surface area contributed by atoms with Gasteiger partial charge in [0.05, 0.1) is 12.0 Å². The second-order valence-corrected chi connectivity index (χ2v) is 6.00. The van der Waals surface area contributed by atoms with Crippen LogP contribution in [0.3, 0.4) is 0 Å². The molecule has 1 saturated heterocycles. The normalized spacial score (nSPS) is 24.7. The lowest BCUT2D eigenvalue weighted by molar-refractivity contribution is -0.143. The van der Waals surface area contributed by atoms with Gasteiger partial charge in [0.1, 0.15) is 6.04 Å².